The molecule has 2 aliphatic rings. The lowest BCUT2D eigenvalue weighted by Gasteiger charge is -2.49. The smallest absolute Gasteiger partial charge is 0.186 e. The van der Waals surface area contributed by atoms with Gasteiger partial charge in [0.2, 0.25) is 0 Å². The number of hydrogen-bond acceptors (Lipinski definition) is 10. The quantitative estimate of drug-likeness (QED) is 0.0850. The van der Waals surface area contributed by atoms with Gasteiger partial charge >= 0.3 is 0 Å². The fraction of sp³-hybridized carbons (Fsp3) is 0.388. The van der Waals surface area contributed by atoms with Gasteiger partial charge in [-0.1, -0.05) is 152 Å². The highest BCUT2D eigenvalue weighted by molar-refractivity contribution is 5.17. The van der Waals surface area contributed by atoms with Crippen LogP contribution in [0.1, 0.15) is 34.2 Å². The Morgan fingerprint density at radius 1 is 0.458 bits per heavy atom. The van der Waals surface area contributed by atoms with Crippen molar-refractivity contribution in [3.05, 3.63) is 179 Å². The SMILES string of the molecule is CO[C@H]1O[C@H](CO)[C@@H](C[C@@H]2O[C@H](COCc3ccccc3)[C@@H](OCc3ccccc3)[C@H](OCc3ccccc3)[C@H]2O)[C@H](OCc2ccccc2)[C@H]1OCc1ccccc1. The number of aliphatic hydroxyl groups excluding tert-OH is 2. The van der Waals surface area contributed by atoms with E-state index in [1.165, 1.54) is 0 Å². The molecule has 7 rings (SSSR count). The molecule has 2 saturated heterocycles. The first-order valence-electron chi connectivity index (χ1n) is 20.5. The molecule has 0 aromatic heterocycles. The summed E-state index contributed by atoms with van der Waals surface area (Å²) in [6.45, 7) is 1.33. The third-order valence-electron chi connectivity index (χ3n) is 11.0. The zero-order valence-electron chi connectivity index (χ0n) is 33.5. The standard InChI is InChI=1S/C49H56O10/c1-52-49-48(57-33-39-25-15-6-16-26-39)45(54-30-36-19-9-3-10-20-36)40(42(28-50)59-49)27-41-44(51)47(56-32-38-23-13-5-14-24-38)46(55-31-37-21-11-4-12-22-37)43(58-41)34-53-29-35-17-7-2-8-18-35/h2-26,40-51H,27-34H2,1H3/t40-,41+,42-,43-,44+,45+,46-,47-,48-,49+/m1/s1. The molecule has 0 bridgehead atoms. The van der Waals surface area contributed by atoms with E-state index in [0.717, 1.165) is 27.8 Å². The third-order valence-corrected chi connectivity index (χ3v) is 11.0. The Hall–Kier alpha value is -4.30. The second-order valence-electron chi connectivity index (χ2n) is 15.1. The molecule has 312 valence electrons. The van der Waals surface area contributed by atoms with Gasteiger partial charge in [0.1, 0.15) is 30.5 Å². The number of rotatable bonds is 20. The summed E-state index contributed by atoms with van der Waals surface area (Å²) >= 11 is 0. The van der Waals surface area contributed by atoms with Crippen LogP contribution in [0.4, 0.5) is 0 Å². The zero-order valence-corrected chi connectivity index (χ0v) is 33.5. The summed E-state index contributed by atoms with van der Waals surface area (Å²) in [4.78, 5) is 0. The van der Waals surface area contributed by atoms with Gasteiger partial charge in [0.25, 0.3) is 0 Å². The van der Waals surface area contributed by atoms with Crippen molar-refractivity contribution in [2.24, 2.45) is 5.92 Å². The maximum Gasteiger partial charge on any atom is 0.186 e. The van der Waals surface area contributed by atoms with E-state index in [1.54, 1.807) is 7.11 Å². The van der Waals surface area contributed by atoms with Gasteiger partial charge in [-0.15, -0.1) is 0 Å². The molecule has 0 radical (unpaired) electrons. The van der Waals surface area contributed by atoms with Crippen LogP contribution in [0.3, 0.4) is 0 Å². The van der Waals surface area contributed by atoms with E-state index in [0.29, 0.717) is 6.61 Å². The van der Waals surface area contributed by atoms with Crippen LogP contribution >= 0.6 is 0 Å². The Morgan fingerprint density at radius 2 is 0.864 bits per heavy atom. The van der Waals surface area contributed by atoms with Crippen LogP contribution in [0, 0.1) is 5.92 Å². The maximum absolute atomic E-state index is 12.4. The molecular weight excluding hydrogens is 749 g/mol. The molecule has 0 aliphatic carbocycles. The summed E-state index contributed by atoms with van der Waals surface area (Å²) in [7, 11) is 1.56. The summed E-state index contributed by atoms with van der Waals surface area (Å²) in [5.41, 5.74) is 4.92. The van der Waals surface area contributed by atoms with Gasteiger partial charge in [-0.05, 0) is 34.2 Å². The lowest BCUT2D eigenvalue weighted by atomic mass is 9.81. The Kier molecular flexibility index (Phi) is 16.2. The molecule has 0 unspecified atom stereocenters. The van der Waals surface area contributed by atoms with Crippen molar-refractivity contribution in [1.29, 1.82) is 0 Å². The van der Waals surface area contributed by atoms with Crippen molar-refractivity contribution in [3.8, 4) is 0 Å². The molecule has 0 spiro atoms. The van der Waals surface area contributed by atoms with Gasteiger partial charge in [0, 0.05) is 13.0 Å². The molecule has 2 N–H and O–H groups in total. The van der Waals surface area contributed by atoms with Gasteiger partial charge < -0.3 is 48.1 Å². The summed E-state index contributed by atoms with van der Waals surface area (Å²) in [5.74, 6) is -0.502. The fourth-order valence-electron chi connectivity index (χ4n) is 7.93. The summed E-state index contributed by atoms with van der Waals surface area (Å²) in [6, 6.07) is 49.5. The first kappa shape index (κ1) is 42.8. The minimum atomic E-state index is -1.14. The molecule has 0 amide bonds. The zero-order chi connectivity index (χ0) is 40.7. The van der Waals surface area contributed by atoms with E-state index in [1.807, 2.05) is 152 Å². The van der Waals surface area contributed by atoms with Gasteiger partial charge in [-0.25, -0.2) is 0 Å². The monoisotopic (exact) mass is 804 g/mol. The highest BCUT2D eigenvalue weighted by Crippen LogP contribution is 2.39. The molecule has 10 heteroatoms. The second-order valence-corrected chi connectivity index (χ2v) is 15.1. The van der Waals surface area contributed by atoms with E-state index in [9.17, 15) is 10.2 Å². The van der Waals surface area contributed by atoms with E-state index in [-0.39, 0.29) is 46.1 Å². The number of hydrogen-bond donors (Lipinski definition) is 2. The first-order valence-corrected chi connectivity index (χ1v) is 20.5. The summed E-state index contributed by atoms with van der Waals surface area (Å²) < 4.78 is 52.2. The average Bonchev–Trinajstić information content (AvgIpc) is 3.29. The molecule has 10 nitrogen and oxygen atoms in total. The van der Waals surface area contributed by atoms with Crippen molar-refractivity contribution in [3.63, 3.8) is 0 Å². The topological polar surface area (TPSA) is 114 Å². The highest BCUT2D eigenvalue weighted by Gasteiger charge is 2.52. The van der Waals surface area contributed by atoms with Gasteiger partial charge in [0.05, 0.1) is 64.6 Å². The molecule has 2 heterocycles. The fourth-order valence-corrected chi connectivity index (χ4v) is 7.93. The van der Waals surface area contributed by atoms with Crippen LogP contribution < -0.4 is 0 Å². The molecule has 2 fully saturated rings. The Morgan fingerprint density at radius 3 is 1.31 bits per heavy atom. The van der Waals surface area contributed by atoms with Crippen molar-refractivity contribution in [1.82, 2.24) is 0 Å². The van der Waals surface area contributed by atoms with E-state index < -0.39 is 61.0 Å². The minimum Gasteiger partial charge on any atom is -0.394 e. The minimum absolute atomic E-state index is 0.176. The van der Waals surface area contributed by atoms with Crippen LogP contribution in [-0.4, -0.2) is 85.7 Å². The van der Waals surface area contributed by atoms with Crippen LogP contribution in [0.25, 0.3) is 0 Å². The molecular formula is C49H56O10. The lowest BCUT2D eigenvalue weighted by Crippen LogP contribution is -2.63. The number of benzene rings is 5. The number of methoxy groups -OCH3 is 1. The number of ether oxygens (including phenoxy) is 8. The average molecular weight is 805 g/mol. The molecule has 10 atom stereocenters. The largest absolute Gasteiger partial charge is 0.394 e. The predicted molar refractivity (Wildman–Crippen MR) is 222 cm³/mol. The van der Waals surface area contributed by atoms with Crippen molar-refractivity contribution >= 4 is 0 Å². The Balaban J connectivity index is 1.19. The lowest BCUT2D eigenvalue weighted by molar-refractivity contribution is -0.313. The van der Waals surface area contributed by atoms with E-state index in [2.05, 4.69) is 0 Å². The first-order chi connectivity index (χ1) is 29.1. The summed E-state index contributed by atoms with van der Waals surface area (Å²) in [6.07, 6.45) is -6.70. The van der Waals surface area contributed by atoms with Gasteiger partial charge in [-0.3, -0.25) is 0 Å². The molecule has 59 heavy (non-hydrogen) atoms. The predicted octanol–water partition coefficient (Wildman–Crippen LogP) is 7.04. The van der Waals surface area contributed by atoms with Crippen molar-refractivity contribution in [2.45, 2.75) is 94.6 Å². The number of aliphatic hydroxyl groups is 2. The molecule has 5 aromatic rings. The molecule has 0 saturated carbocycles. The highest BCUT2D eigenvalue weighted by atomic mass is 16.7. The van der Waals surface area contributed by atoms with Gasteiger partial charge in [-0.2, -0.15) is 0 Å². The van der Waals surface area contributed by atoms with Gasteiger partial charge in [0.15, 0.2) is 6.29 Å². The molecule has 5 aromatic carbocycles. The summed E-state index contributed by atoms with van der Waals surface area (Å²) in [5, 5.41) is 23.3. The second kappa shape index (κ2) is 22.3. The van der Waals surface area contributed by atoms with Crippen LogP contribution in [0.2, 0.25) is 0 Å². The van der Waals surface area contributed by atoms with Crippen molar-refractivity contribution < 1.29 is 48.1 Å². The third kappa shape index (κ3) is 11.9. The van der Waals surface area contributed by atoms with Crippen LogP contribution in [-0.2, 0) is 70.9 Å². The van der Waals surface area contributed by atoms with E-state index >= 15 is 0 Å². The maximum atomic E-state index is 12.4. The molecule has 2 aliphatic heterocycles. The van der Waals surface area contributed by atoms with Crippen LogP contribution in [0.5, 0.6) is 0 Å². The normalized spacial score (nSPS) is 27.0. The Labute approximate surface area is 347 Å². The van der Waals surface area contributed by atoms with E-state index in [4.69, 9.17) is 37.9 Å². The Bertz CT molecular complexity index is 1890. The van der Waals surface area contributed by atoms with Crippen LogP contribution in [0.15, 0.2) is 152 Å². The van der Waals surface area contributed by atoms with Crippen molar-refractivity contribution in [2.75, 3.05) is 20.3 Å².